The van der Waals surface area contributed by atoms with E-state index in [4.69, 9.17) is 4.74 Å². The lowest BCUT2D eigenvalue weighted by Crippen LogP contribution is -2.27. The summed E-state index contributed by atoms with van der Waals surface area (Å²) in [5.74, 6) is 5.11. The number of carbonyl (C=O) groups excluding carboxylic acids is 2. The first kappa shape index (κ1) is 19.2. The summed E-state index contributed by atoms with van der Waals surface area (Å²) >= 11 is 0. The van der Waals surface area contributed by atoms with Gasteiger partial charge in [0.2, 0.25) is 5.91 Å². The maximum Gasteiger partial charge on any atom is 0.304 e. The molecular weight excluding hydrogens is 330 g/mol. The van der Waals surface area contributed by atoms with Gasteiger partial charge >= 0.3 is 5.97 Å². The number of hydrogen-bond donors (Lipinski definition) is 1. The Morgan fingerprint density at radius 2 is 1.58 bits per heavy atom. The molecule has 0 radical (unpaired) electrons. The minimum absolute atomic E-state index is 0.423. The van der Waals surface area contributed by atoms with Crippen LogP contribution in [0.5, 0.6) is 0 Å². The Morgan fingerprint density at radius 1 is 1.00 bits per heavy atom. The molecule has 0 spiro atoms. The topological polar surface area (TPSA) is 66.8 Å². The molecule has 5 nitrogen and oxygen atoms in total. The van der Waals surface area contributed by atoms with E-state index in [-0.39, 0.29) is 0 Å². The third-order valence-electron chi connectivity index (χ3n) is 3.82. The zero-order valence-electron chi connectivity index (χ0n) is 15.0. The van der Waals surface area contributed by atoms with Crippen molar-refractivity contribution in [3.63, 3.8) is 0 Å². The van der Waals surface area contributed by atoms with Gasteiger partial charge in [0.1, 0.15) is 0 Å². The molecule has 134 valence electrons. The molecule has 0 aromatic heterocycles. The van der Waals surface area contributed by atoms with Crippen LogP contribution in [0.15, 0.2) is 54.6 Å². The van der Waals surface area contributed by atoms with E-state index in [9.17, 15) is 14.8 Å². The molecule has 0 heterocycles. The predicted molar refractivity (Wildman–Crippen MR) is 97.0 cm³/mol. The van der Waals surface area contributed by atoms with Crippen molar-refractivity contribution in [3.05, 3.63) is 71.3 Å². The maximum absolute atomic E-state index is 11.4. The van der Waals surface area contributed by atoms with Gasteiger partial charge in [0.15, 0.2) is 6.10 Å². The highest BCUT2D eigenvalue weighted by molar-refractivity contribution is 5.72. The summed E-state index contributed by atoms with van der Waals surface area (Å²) in [4.78, 5) is 22.7. The molecule has 26 heavy (non-hydrogen) atoms. The monoisotopic (exact) mass is 351 g/mol. The average molecular weight is 351 g/mol. The standard InChI is InChI=1S/C21H21NO4/c1-15(22(25)16(2)23)19-10-12-20(13-11-19)21(26-17(3)24)14-9-18-7-5-4-6-8-18/h4-8,10-13,15,21,25H,1-3H3. The molecule has 1 N–H and O–H groups in total. The summed E-state index contributed by atoms with van der Waals surface area (Å²) in [6.07, 6.45) is -0.699. The Bertz CT molecular complexity index is 819. The van der Waals surface area contributed by atoms with Gasteiger partial charge in [0.25, 0.3) is 0 Å². The summed E-state index contributed by atoms with van der Waals surface area (Å²) in [6.45, 7) is 4.35. The van der Waals surface area contributed by atoms with Crippen LogP contribution in [0.25, 0.3) is 0 Å². The van der Waals surface area contributed by atoms with Crippen LogP contribution in [0.2, 0.25) is 0 Å². The molecule has 5 heteroatoms. The fraction of sp³-hybridized carbons (Fsp3) is 0.238. The van der Waals surface area contributed by atoms with Crippen molar-refractivity contribution in [1.82, 2.24) is 5.06 Å². The van der Waals surface area contributed by atoms with Crippen LogP contribution in [-0.2, 0) is 14.3 Å². The van der Waals surface area contributed by atoms with Crippen LogP contribution in [0.1, 0.15) is 49.6 Å². The highest BCUT2D eigenvalue weighted by Gasteiger charge is 2.17. The van der Waals surface area contributed by atoms with Gasteiger partial charge in [0.05, 0.1) is 6.04 Å². The first-order chi connectivity index (χ1) is 12.4. The van der Waals surface area contributed by atoms with Crippen LogP contribution < -0.4 is 0 Å². The summed E-state index contributed by atoms with van der Waals surface area (Å²) in [6, 6.07) is 16.0. The quantitative estimate of drug-likeness (QED) is 0.395. The zero-order valence-corrected chi connectivity index (χ0v) is 15.0. The van der Waals surface area contributed by atoms with Crippen molar-refractivity contribution in [1.29, 1.82) is 0 Å². The second kappa shape index (κ2) is 8.84. The van der Waals surface area contributed by atoms with E-state index in [1.165, 1.54) is 13.8 Å². The van der Waals surface area contributed by atoms with Crippen LogP contribution in [0, 0.1) is 11.8 Å². The first-order valence-electron chi connectivity index (χ1n) is 8.21. The maximum atomic E-state index is 11.4. The SMILES string of the molecule is CC(=O)OC(C#Cc1ccccc1)c1ccc(C(C)N(O)C(C)=O)cc1. The molecule has 0 aliphatic carbocycles. The summed E-state index contributed by atoms with van der Waals surface area (Å²) in [5, 5.41) is 10.4. The van der Waals surface area contributed by atoms with Crippen molar-refractivity contribution in [2.24, 2.45) is 0 Å². The van der Waals surface area contributed by atoms with Gasteiger partial charge in [-0.05, 0) is 30.5 Å². The van der Waals surface area contributed by atoms with Crippen LogP contribution >= 0.6 is 0 Å². The summed E-state index contributed by atoms with van der Waals surface area (Å²) < 4.78 is 5.32. The number of amides is 1. The summed E-state index contributed by atoms with van der Waals surface area (Å²) in [5.41, 5.74) is 2.29. The van der Waals surface area contributed by atoms with E-state index in [0.717, 1.165) is 11.1 Å². The van der Waals surface area contributed by atoms with E-state index in [0.29, 0.717) is 10.6 Å². The number of hydroxylamine groups is 2. The highest BCUT2D eigenvalue weighted by Crippen LogP contribution is 2.23. The van der Waals surface area contributed by atoms with Gasteiger partial charge in [0, 0.05) is 25.0 Å². The Hall–Kier alpha value is -3.10. The Morgan fingerprint density at radius 3 is 2.12 bits per heavy atom. The van der Waals surface area contributed by atoms with Crippen molar-refractivity contribution >= 4 is 11.9 Å². The minimum atomic E-state index is -0.699. The van der Waals surface area contributed by atoms with E-state index in [2.05, 4.69) is 11.8 Å². The molecule has 1 amide bonds. The average Bonchev–Trinajstić information content (AvgIpc) is 2.64. The molecule has 2 aromatic rings. The number of ether oxygens (including phenoxy) is 1. The van der Waals surface area contributed by atoms with Crippen molar-refractivity contribution in [3.8, 4) is 11.8 Å². The fourth-order valence-corrected chi connectivity index (χ4v) is 2.38. The van der Waals surface area contributed by atoms with E-state index >= 15 is 0 Å². The lowest BCUT2D eigenvalue weighted by Gasteiger charge is -2.22. The third-order valence-corrected chi connectivity index (χ3v) is 3.82. The Labute approximate surface area is 153 Å². The van der Waals surface area contributed by atoms with Gasteiger partial charge in [-0.25, -0.2) is 5.06 Å². The minimum Gasteiger partial charge on any atom is -0.444 e. The second-order valence-electron chi connectivity index (χ2n) is 5.83. The highest BCUT2D eigenvalue weighted by atomic mass is 16.5. The molecule has 0 saturated carbocycles. The molecular formula is C21H21NO4. The number of benzene rings is 2. The summed E-state index contributed by atoms with van der Waals surface area (Å²) in [7, 11) is 0. The van der Waals surface area contributed by atoms with Gasteiger partial charge in [-0.2, -0.15) is 0 Å². The molecule has 0 aliphatic rings. The third kappa shape index (κ3) is 5.20. The van der Waals surface area contributed by atoms with Crippen LogP contribution in [-0.4, -0.2) is 22.1 Å². The number of nitrogens with zero attached hydrogens (tertiary/aromatic N) is 1. The Balaban J connectivity index is 2.25. The molecule has 0 bridgehead atoms. The lowest BCUT2D eigenvalue weighted by atomic mass is 10.0. The smallest absolute Gasteiger partial charge is 0.304 e. The van der Waals surface area contributed by atoms with Crippen molar-refractivity contribution in [2.75, 3.05) is 0 Å². The van der Waals surface area contributed by atoms with Crippen LogP contribution in [0.4, 0.5) is 0 Å². The van der Waals surface area contributed by atoms with Gasteiger partial charge in [-0.3, -0.25) is 14.8 Å². The fourth-order valence-electron chi connectivity index (χ4n) is 2.38. The first-order valence-corrected chi connectivity index (χ1v) is 8.21. The molecule has 2 atom stereocenters. The van der Waals surface area contributed by atoms with Gasteiger partial charge in [-0.15, -0.1) is 0 Å². The van der Waals surface area contributed by atoms with Crippen LogP contribution in [0.3, 0.4) is 0 Å². The van der Waals surface area contributed by atoms with E-state index in [1.807, 2.05) is 30.3 Å². The van der Waals surface area contributed by atoms with Crippen molar-refractivity contribution < 1.29 is 19.5 Å². The molecule has 0 saturated heterocycles. The predicted octanol–water partition coefficient (Wildman–Crippen LogP) is 3.64. The Kier molecular flexibility index (Phi) is 6.54. The zero-order chi connectivity index (χ0) is 19.1. The normalized spacial score (nSPS) is 12.3. The molecule has 2 unspecified atom stereocenters. The number of esters is 1. The number of carbonyl (C=O) groups is 2. The van der Waals surface area contributed by atoms with Crippen molar-refractivity contribution in [2.45, 2.75) is 32.9 Å². The lowest BCUT2D eigenvalue weighted by molar-refractivity contribution is -0.172. The van der Waals surface area contributed by atoms with Gasteiger partial charge < -0.3 is 4.74 Å². The molecule has 2 aromatic carbocycles. The van der Waals surface area contributed by atoms with E-state index < -0.39 is 24.0 Å². The number of rotatable bonds is 4. The van der Waals surface area contributed by atoms with Gasteiger partial charge in [-0.1, -0.05) is 48.4 Å². The number of hydrogen-bond acceptors (Lipinski definition) is 4. The van der Waals surface area contributed by atoms with E-state index in [1.54, 1.807) is 31.2 Å². The second-order valence-corrected chi connectivity index (χ2v) is 5.83. The molecule has 0 aliphatic heterocycles. The largest absolute Gasteiger partial charge is 0.444 e. The molecule has 0 fully saturated rings. The molecule has 2 rings (SSSR count).